The summed E-state index contributed by atoms with van der Waals surface area (Å²) in [5.41, 5.74) is 1.95. The Morgan fingerprint density at radius 3 is 2.62 bits per heavy atom. The number of amides is 1. The Labute approximate surface area is 148 Å². The van der Waals surface area contributed by atoms with Gasteiger partial charge in [0.1, 0.15) is 5.82 Å². The van der Waals surface area contributed by atoms with Crippen LogP contribution in [0.4, 0.5) is 11.5 Å². The molecule has 2 aromatic carbocycles. The van der Waals surface area contributed by atoms with Crippen LogP contribution in [0, 0.1) is 28.4 Å². The molecule has 0 aliphatic rings. The van der Waals surface area contributed by atoms with Gasteiger partial charge in [-0.05, 0) is 37.3 Å². The number of nitrogens with zero attached hydrogens (tertiary/aromatic N) is 4. The van der Waals surface area contributed by atoms with Crippen LogP contribution in [-0.2, 0) is 0 Å². The van der Waals surface area contributed by atoms with Crippen LogP contribution >= 0.6 is 0 Å². The molecule has 0 bridgehead atoms. The SMILES string of the molecule is Cc1cc(NC(=O)c2cccc(C#N)c2)n(-c2ccc([N+](=O)[O-])cc2)n1. The number of nitriles is 1. The molecule has 1 N–H and O–H groups in total. The summed E-state index contributed by atoms with van der Waals surface area (Å²) in [6, 6.07) is 15.9. The van der Waals surface area contributed by atoms with Crippen LogP contribution in [0.1, 0.15) is 21.6 Å². The van der Waals surface area contributed by atoms with Gasteiger partial charge in [-0.3, -0.25) is 14.9 Å². The number of anilines is 1. The van der Waals surface area contributed by atoms with Crippen molar-refractivity contribution in [3.8, 4) is 11.8 Å². The first kappa shape index (κ1) is 16.9. The van der Waals surface area contributed by atoms with Crippen molar-refractivity contribution >= 4 is 17.4 Å². The Morgan fingerprint density at radius 1 is 1.23 bits per heavy atom. The largest absolute Gasteiger partial charge is 0.306 e. The average molecular weight is 347 g/mol. The first-order chi connectivity index (χ1) is 12.5. The number of rotatable bonds is 4. The van der Waals surface area contributed by atoms with Crippen molar-refractivity contribution in [1.29, 1.82) is 5.26 Å². The highest BCUT2D eigenvalue weighted by Crippen LogP contribution is 2.20. The van der Waals surface area contributed by atoms with Crippen LogP contribution in [0.15, 0.2) is 54.6 Å². The van der Waals surface area contributed by atoms with E-state index in [9.17, 15) is 14.9 Å². The van der Waals surface area contributed by atoms with Gasteiger partial charge in [0, 0.05) is 23.8 Å². The number of aryl methyl sites for hydroxylation is 1. The zero-order valence-corrected chi connectivity index (χ0v) is 13.7. The Kier molecular flexibility index (Phi) is 4.45. The van der Waals surface area contributed by atoms with Crippen LogP contribution in [0.2, 0.25) is 0 Å². The maximum atomic E-state index is 12.5. The van der Waals surface area contributed by atoms with E-state index >= 15 is 0 Å². The van der Waals surface area contributed by atoms with E-state index in [4.69, 9.17) is 5.26 Å². The first-order valence-corrected chi connectivity index (χ1v) is 7.61. The van der Waals surface area contributed by atoms with Gasteiger partial charge in [0.25, 0.3) is 11.6 Å². The summed E-state index contributed by atoms with van der Waals surface area (Å²) < 4.78 is 1.49. The standard InChI is InChI=1S/C18H13N5O3/c1-12-9-17(20-18(24)14-4-2-3-13(10-14)11-19)22(21-12)15-5-7-16(8-6-15)23(25)26/h2-10H,1H3,(H,20,24). The zero-order chi connectivity index (χ0) is 18.7. The summed E-state index contributed by atoms with van der Waals surface area (Å²) in [4.78, 5) is 22.8. The molecule has 0 saturated carbocycles. The number of nitrogens with one attached hydrogen (secondary N) is 1. The van der Waals surface area contributed by atoms with E-state index in [2.05, 4.69) is 10.4 Å². The fourth-order valence-electron chi connectivity index (χ4n) is 2.42. The maximum Gasteiger partial charge on any atom is 0.269 e. The van der Waals surface area contributed by atoms with Crippen molar-refractivity contribution < 1.29 is 9.72 Å². The number of carbonyl (C=O) groups excluding carboxylic acids is 1. The maximum absolute atomic E-state index is 12.5. The van der Waals surface area contributed by atoms with Crippen molar-refractivity contribution in [3.63, 3.8) is 0 Å². The lowest BCUT2D eigenvalue weighted by Crippen LogP contribution is -2.15. The summed E-state index contributed by atoms with van der Waals surface area (Å²) in [5, 5.41) is 26.8. The summed E-state index contributed by atoms with van der Waals surface area (Å²) in [6.45, 7) is 1.77. The van der Waals surface area contributed by atoms with Crippen LogP contribution in [0.3, 0.4) is 0 Å². The molecule has 0 unspecified atom stereocenters. The highest BCUT2D eigenvalue weighted by molar-refractivity contribution is 6.04. The second-order valence-corrected chi connectivity index (χ2v) is 5.50. The molecule has 8 heteroatoms. The van der Waals surface area contributed by atoms with Gasteiger partial charge in [-0.15, -0.1) is 0 Å². The van der Waals surface area contributed by atoms with Gasteiger partial charge in [0.2, 0.25) is 0 Å². The van der Waals surface area contributed by atoms with Gasteiger partial charge in [-0.1, -0.05) is 6.07 Å². The minimum absolute atomic E-state index is 0.0310. The summed E-state index contributed by atoms with van der Waals surface area (Å²) in [6.07, 6.45) is 0. The predicted molar refractivity (Wildman–Crippen MR) is 94.1 cm³/mol. The number of carbonyl (C=O) groups is 1. The molecule has 128 valence electrons. The molecule has 0 spiro atoms. The smallest absolute Gasteiger partial charge is 0.269 e. The van der Waals surface area contributed by atoms with Crippen LogP contribution in [-0.4, -0.2) is 20.6 Å². The average Bonchev–Trinajstić information content (AvgIpc) is 3.02. The molecule has 26 heavy (non-hydrogen) atoms. The lowest BCUT2D eigenvalue weighted by molar-refractivity contribution is -0.384. The number of hydrogen-bond acceptors (Lipinski definition) is 5. The molecule has 0 radical (unpaired) electrons. The lowest BCUT2D eigenvalue weighted by Gasteiger charge is -2.09. The minimum atomic E-state index is -0.483. The molecule has 0 aliphatic heterocycles. The number of nitro benzene ring substituents is 1. The van der Waals surface area contributed by atoms with Gasteiger partial charge in [-0.2, -0.15) is 10.4 Å². The van der Waals surface area contributed by atoms with E-state index in [1.807, 2.05) is 6.07 Å². The summed E-state index contributed by atoms with van der Waals surface area (Å²) in [7, 11) is 0. The number of non-ortho nitro benzene ring substituents is 1. The highest BCUT2D eigenvalue weighted by atomic mass is 16.6. The molecule has 3 aromatic rings. The van der Waals surface area contributed by atoms with Crippen molar-refractivity contribution in [2.75, 3.05) is 5.32 Å². The Morgan fingerprint density at radius 2 is 1.96 bits per heavy atom. The van der Waals surface area contributed by atoms with Gasteiger partial charge in [0.05, 0.1) is 27.9 Å². The van der Waals surface area contributed by atoms with Crippen LogP contribution in [0.25, 0.3) is 5.69 Å². The summed E-state index contributed by atoms with van der Waals surface area (Å²) >= 11 is 0. The molecule has 1 heterocycles. The summed E-state index contributed by atoms with van der Waals surface area (Å²) in [5.74, 6) is 0.0360. The molecular formula is C18H13N5O3. The molecule has 0 atom stereocenters. The molecule has 0 saturated heterocycles. The number of benzene rings is 2. The van der Waals surface area contributed by atoms with Crippen LogP contribution < -0.4 is 5.32 Å². The molecule has 0 aliphatic carbocycles. The van der Waals surface area contributed by atoms with Crippen molar-refractivity contribution in [3.05, 3.63) is 81.5 Å². The van der Waals surface area contributed by atoms with E-state index in [0.717, 1.165) is 0 Å². The third kappa shape index (κ3) is 3.42. The lowest BCUT2D eigenvalue weighted by atomic mass is 10.1. The molecule has 0 fully saturated rings. The number of hydrogen-bond donors (Lipinski definition) is 1. The van der Waals surface area contributed by atoms with Crippen LogP contribution in [0.5, 0.6) is 0 Å². The Bertz CT molecular complexity index is 1030. The highest BCUT2D eigenvalue weighted by Gasteiger charge is 2.14. The van der Waals surface area contributed by atoms with Gasteiger partial charge >= 0.3 is 0 Å². The number of nitro groups is 1. The third-order valence-electron chi connectivity index (χ3n) is 3.63. The Balaban J connectivity index is 1.90. The zero-order valence-electron chi connectivity index (χ0n) is 13.7. The van der Waals surface area contributed by atoms with Crippen molar-refractivity contribution in [1.82, 2.24) is 9.78 Å². The quantitative estimate of drug-likeness (QED) is 0.575. The topological polar surface area (TPSA) is 114 Å². The minimum Gasteiger partial charge on any atom is -0.306 e. The first-order valence-electron chi connectivity index (χ1n) is 7.61. The van der Waals surface area contributed by atoms with E-state index < -0.39 is 4.92 Å². The third-order valence-corrected chi connectivity index (χ3v) is 3.63. The second kappa shape index (κ2) is 6.86. The monoisotopic (exact) mass is 347 g/mol. The molecule has 1 amide bonds. The molecule has 1 aromatic heterocycles. The fraction of sp³-hybridized carbons (Fsp3) is 0.0556. The fourth-order valence-corrected chi connectivity index (χ4v) is 2.42. The van der Waals surface area contributed by atoms with Gasteiger partial charge in [-0.25, -0.2) is 4.68 Å². The predicted octanol–water partition coefficient (Wildman–Crippen LogP) is 3.21. The second-order valence-electron chi connectivity index (χ2n) is 5.50. The molecular weight excluding hydrogens is 334 g/mol. The normalized spacial score (nSPS) is 10.2. The number of aromatic nitrogens is 2. The van der Waals surface area contributed by atoms with E-state index in [1.165, 1.54) is 22.9 Å². The van der Waals surface area contributed by atoms with E-state index in [1.54, 1.807) is 43.3 Å². The van der Waals surface area contributed by atoms with Gasteiger partial charge < -0.3 is 5.32 Å². The van der Waals surface area contributed by atoms with Crippen molar-refractivity contribution in [2.24, 2.45) is 0 Å². The van der Waals surface area contributed by atoms with Gasteiger partial charge in [0.15, 0.2) is 0 Å². The Hall–Kier alpha value is -3.99. The van der Waals surface area contributed by atoms with E-state index in [-0.39, 0.29) is 11.6 Å². The van der Waals surface area contributed by atoms with E-state index in [0.29, 0.717) is 28.3 Å². The van der Waals surface area contributed by atoms with Crippen molar-refractivity contribution in [2.45, 2.75) is 6.92 Å². The molecule has 3 rings (SSSR count). The molecule has 8 nitrogen and oxygen atoms in total.